The number of nitrogens with one attached hydrogen (secondary N) is 2. The molecule has 3 aromatic rings. The van der Waals surface area contributed by atoms with Crippen molar-refractivity contribution < 1.29 is 4.79 Å². The molecule has 29 heavy (non-hydrogen) atoms. The van der Waals surface area contributed by atoms with Crippen LogP contribution in [0.4, 0.5) is 17.1 Å². The molecule has 2 aliphatic heterocycles. The number of fused-ring (bicyclic) bond motifs is 1. The van der Waals surface area contributed by atoms with Gasteiger partial charge in [0.25, 0.3) is 5.91 Å². The van der Waals surface area contributed by atoms with Gasteiger partial charge in [0, 0.05) is 50.0 Å². The monoisotopic (exact) mass is 406 g/mol. The van der Waals surface area contributed by atoms with Crippen LogP contribution in [-0.2, 0) is 4.79 Å². The van der Waals surface area contributed by atoms with Crippen LogP contribution >= 0.6 is 11.3 Å². The van der Waals surface area contributed by atoms with E-state index in [9.17, 15) is 4.79 Å². The van der Waals surface area contributed by atoms with Crippen molar-refractivity contribution >= 4 is 50.1 Å². The summed E-state index contributed by atoms with van der Waals surface area (Å²) in [5.74, 6) is -0.159. The molecule has 7 nitrogen and oxygen atoms in total. The van der Waals surface area contributed by atoms with E-state index in [1.54, 1.807) is 23.7 Å². The molecule has 2 N–H and O–H groups in total. The normalized spacial score (nSPS) is 16.9. The number of benzene rings is 1. The zero-order chi connectivity index (χ0) is 19.6. The number of carbonyl (C=O) groups is 1. The van der Waals surface area contributed by atoms with E-state index in [0.717, 1.165) is 43.2 Å². The summed E-state index contributed by atoms with van der Waals surface area (Å²) in [6.07, 6.45) is 4.10. The minimum absolute atomic E-state index is 0.159. The van der Waals surface area contributed by atoms with Crippen molar-refractivity contribution in [3.63, 3.8) is 0 Å². The summed E-state index contributed by atoms with van der Waals surface area (Å²) >= 11 is 1.73. The van der Waals surface area contributed by atoms with Crippen molar-refractivity contribution in [1.29, 1.82) is 0 Å². The van der Waals surface area contributed by atoms with Crippen LogP contribution in [0.15, 0.2) is 53.2 Å². The molecule has 1 aromatic carbocycles. The number of hydrogen-bond donors (Lipinski definition) is 2. The number of anilines is 3. The molecule has 1 amide bonds. The summed E-state index contributed by atoms with van der Waals surface area (Å²) < 4.78 is 1.26. The number of amides is 1. The number of pyridine rings is 1. The fourth-order valence-corrected chi connectivity index (χ4v) is 4.55. The lowest BCUT2D eigenvalue weighted by atomic mass is 10.2. The maximum atomic E-state index is 12.9. The SMILES string of the molecule is O=C(Nc1cnccc1N1CCNCC1)C1=NN(c2ccc3sccc3c2)CC1. The summed E-state index contributed by atoms with van der Waals surface area (Å²) in [5.41, 5.74) is 3.31. The third-order valence-corrected chi connectivity index (χ3v) is 6.20. The Kier molecular flexibility index (Phi) is 4.87. The predicted octanol–water partition coefficient (Wildman–Crippen LogP) is 2.91. The molecular weight excluding hydrogens is 384 g/mol. The first kappa shape index (κ1) is 18.1. The molecule has 4 heterocycles. The standard InChI is InChI=1S/C21H22N6OS/c28-21(24-18-14-23-6-3-19(18)26-10-7-22-8-11-26)17-4-9-27(25-17)16-1-2-20-15(13-16)5-12-29-20/h1-3,5-6,12-14,22H,4,7-11H2,(H,24,28). The lowest BCUT2D eigenvalue weighted by molar-refractivity contribution is -0.110. The highest BCUT2D eigenvalue weighted by atomic mass is 32.1. The maximum absolute atomic E-state index is 12.9. The number of carbonyl (C=O) groups excluding carboxylic acids is 1. The molecule has 1 saturated heterocycles. The van der Waals surface area contributed by atoms with Crippen LogP contribution < -0.4 is 20.5 Å². The number of rotatable bonds is 4. The van der Waals surface area contributed by atoms with Gasteiger partial charge in [-0.2, -0.15) is 5.10 Å². The molecule has 0 saturated carbocycles. The van der Waals surface area contributed by atoms with Crippen molar-refractivity contribution in [2.75, 3.05) is 47.9 Å². The molecule has 2 aromatic heterocycles. The highest BCUT2D eigenvalue weighted by Crippen LogP contribution is 2.29. The second-order valence-corrected chi connectivity index (χ2v) is 8.09. The first-order chi connectivity index (χ1) is 14.3. The summed E-state index contributed by atoms with van der Waals surface area (Å²) in [7, 11) is 0. The van der Waals surface area contributed by atoms with Crippen LogP contribution in [0.1, 0.15) is 6.42 Å². The largest absolute Gasteiger partial charge is 0.367 e. The average Bonchev–Trinajstić information content (AvgIpc) is 3.44. The minimum Gasteiger partial charge on any atom is -0.367 e. The Balaban J connectivity index is 1.33. The van der Waals surface area contributed by atoms with Crippen molar-refractivity contribution in [3.8, 4) is 0 Å². The first-order valence-corrected chi connectivity index (χ1v) is 10.7. The molecule has 148 valence electrons. The third kappa shape index (κ3) is 3.68. The Labute approximate surface area is 173 Å². The van der Waals surface area contributed by atoms with Gasteiger partial charge in [-0.3, -0.25) is 14.8 Å². The van der Waals surface area contributed by atoms with E-state index in [1.807, 2.05) is 11.1 Å². The van der Waals surface area contributed by atoms with Crippen molar-refractivity contribution in [2.45, 2.75) is 6.42 Å². The van der Waals surface area contributed by atoms with Crippen LogP contribution in [0.25, 0.3) is 10.1 Å². The Morgan fingerprint density at radius 3 is 2.93 bits per heavy atom. The fraction of sp³-hybridized carbons (Fsp3) is 0.286. The zero-order valence-corrected chi connectivity index (χ0v) is 16.8. The lowest BCUT2D eigenvalue weighted by Gasteiger charge is -2.30. The maximum Gasteiger partial charge on any atom is 0.272 e. The van der Waals surface area contributed by atoms with Gasteiger partial charge in [-0.15, -0.1) is 11.3 Å². The van der Waals surface area contributed by atoms with Crippen LogP contribution in [0.3, 0.4) is 0 Å². The smallest absolute Gasteiger partial charge is 0.272 e. The third-order valence-electron chi connectivity index (χ3n) is 5.30. The molecule has 0 bridgehead atoms. The van der Waals surface area contributed by atoms with Gasteiger partial charge in [-0.1, -0.05) is 0 Å². The van der Waals surface area contributed by atoms with Crippen molar-refractivity contribution in [2.24, 2.45) is 5.10 Å². The highest BCUT2D eigenvalue weighted by Gasteiger charge is 2.23. The Hall–Kier alpha value is -2.97. The average molecular weight is 407 g/mol. The number of nitrogens with zero attached hydrogens (tertiary/aromatic N) is 4. The number of aromatic nitrogens is 1. The lowest BCUT2D eigenvalue weighted by Crippen LogP contribution is -2.43. The van der Waals surface area contributed by atoms with E-state index < -0.39 is 0 Å². The van der Waals surface area contributed by atoms with Crippen LogP contribution in [-0.4, -0.2) is 49.3 Å². The number of thiophene rings is 1. The van der Waals surface area contributed by atoms with E-state index in [4.69, 9.17) is 0 Å². The summed E-state index contributed by atoms with van der Waals surface area (Å²) in [6, 6.07) is 10.4. The van der Waals surface area contributed by atoms with Crippen molar-refractivity contribution in [1.82, 2.24) is 10.3 Å². The van der Waals surface area contributed by atoms with Crippen LogP contribution in [0, 0.1) is 0 Å². The van der Waals surface area contributed by atoms with Gasteiger partial charge in [0.15, 0.2) is 0 Å². The van der Waals surface area contributed by atoms with Gasteiger partial charge in [0.05, 0.1) is 23.3 Å². The topological polar surface area (TPSA) is 72.9 Å². The number of hydrogen-bond acceptors (Lipinski definition) is 7. The van der Waals surface area contributed by atoms with Crippen molar-refractivity contribution in [3.05, 3.63) is 48.1 Å². The second-order valence-electron chi connectivity index (χ2n) is 7.15. The molecule has 0 atom stereocenters. The molecule has 0 aliphatic carbocycles. The van der Waals surface area contributed by atoms with Gasteiger partial charge in [0.1, 0.15) is 5.71 Å². The van der Waals surface area contributed by atoms with Gasteiger partial charge in [-0.25, -0.2) is 0 Å². The van der Waals surface area contributed by atoms with Crippen LogP contribution in [0.5, 0.6) is 0 Å². The number of hydrazone groups is 1. The van der Waals surface area contributed by atoms with E-state index in [1.165, 1.54) is 10.1 Å². The molecule has 0 spiro atoms. The fourth-order valence-electron chi connectivity index (χ4n) is 3.78. The number of piperazine rings is 1. The minimum atomic E-state index is -0.159. The molecule has 0 radical (unpaired) electrons. The Morgan fingerprint density at radius 1 is 1.14 bits per heavy atom. The summed E-state index contributed by atoms with van der Waals surface area (Å²) in [5, 5.41) is 16.2. The molecular formula is C21H22N6OS. The predicted molar refractivity (Wildman–Crippen MR) is 119 cm³/mol. The van der Waals surface area contributed by atoms with Gasteiger partial charge in [0.2, 0.25) is 0 Å². The molecule has 5 rings (SSSR count). The molecule has 2 aliphatic rings. The van der Waals surface area contributed by atoms with E-state index >= 15 is 0 Å². The molecule has 1 fully saturated rings. The van der Waals surface area contributed by atoms with Gasteiger partial charge in [-0.05, 0) is 41.1 Å². The molecule has 0 unspecified atom stereocenters. The van der Waals surface area contributed by atoms with E-state index in [2.05, 4.69) is 55.3 Å². The first-order valence-electron chi connectivity index (χ1n) is 9.81. The Bertz CT molecular complexity index is 1070. The highest BCUT2D eigenvalue weighted by molar-refractivity contribution is 7.17. The summed E-state index contributed by atoms with van der Waals surface area (Å²) in [4.78, 5) is 19.3. The van der Waals surface area contributed by atoms with Gasteiger partial charge < -0.3 is 15.5 Å². The molecule has 8 heteroatoms. The second kappa shape index (κ2) is 7.81. The van der Waals surface area contributed by atoms with Gasteiger partial charge >= 0.3 is 0 Å². The Morgan fingerprint density at radius 2 is 2.03 bits per heavy atom. The van der Waals surface area contributed by atoms with E-state index in [-0.39, 0.29) is 5.91 Å². The zero-order valence-electron chi connectivity index (χ0n) is 16.0. The van der Waals surface area contributed by atoms with E-state index in [0.29, 0.717) is 18.7 Å². The summed E-state index contributed by atoms with van der Waals surface area (Å²) in [6.45, 7) is 4.40. The van der Waals surface area contributed by atoms with Crippen LogP contribution in [0.2, 0.25) is 0 Å². The quantitative estimate of drug-likeness (QED) is 0.697.